The van der Waals surface area contributed by atoms with Crippen molar-refractivity contribution in [3.05, 3.63) is 53.5 Å². The van der Waals surface area contributed by atoms with E-state index in [0.29, 0.717) is 18.7 Å². The van der Waals surface area contributed by atoms with Crippen LogP contribution >= 0.6 is 12.2 Å². The highest BCUT2D eigenvalue weighted by atomic mass is 32.1. The van der Waals surface area contributed by atoms with E-state index in [4.69, 9.17) is 21.9 Å². The molecule has 8 nitrogen and oxygen atoms in total. The zero-order chi connectivity index (χ0) is 30.8. The molecule has 42 heavy (non-hydrogen) atoms. The summed E-state index contributed by atoms with van der Waals surface area (Å²) in [7, 11) is 0. The van der Waals surface area contributed by atoms with Gasteiger partial charge in [0.05, 0.1) is 34.7 Å². The molecule has 1 aromatic heterocycles. The van der Waals surface area contributed by atoms with Crippen molar-refractivity contribution in [2.24, 2.45) is 0 Å². The number of nitrogens with zero attached hydrogens (tertiary/aromatic N) is 5. The zero-order valence-corrected chi connectivity index (χ0v) is 25.1. The van der Waals surface area contributed by atoms with Crippen molar-refractivity contribution in [2.45, 2.75) is 77.2 Å². The molecule has 2 fully saturated rings. The van der Waals surface area contributed by atoms with Gasteiger partial charge in [-0.15, -0.1) is 0 Å². The van der Waals surface area contributed by atoms with Gasteiger partial charge in [-0.25, -0.2) is 0 Å². The highest BCUT2D eigenvalue weighted by Gasteiger charge is 2.49. The summed E-state index contributed by atoms with van der Waals surface area (Å²) in [6, 6.07) is 6.78. The first kappa shape index (κ1) is 31.5. The number of hydrogen-bond donors (Lipinski definition) is 0. The van der Waals surface area contributed by atoms with E-state index >= 15 is 0 Å². The predicted octanol–water partition coefficient (Wildman–Crippen LogP) is 5.68. The number of furan rings is 1. The van der Waals surface area contributed by atoms with Crippen LogP contribution in [0.1, 0.15) is 74.9 Å². The number of rotatable bonds is 9. The van der Waals surface area contributed by atoms with Crippen LogP contribution in [0.2, 0.25) is 0 Å². The van der Waals surface area contributed by atoms with Crippen molar-refractivity contribution in [2.75, 3.05) is 31.1 Å². The van der Waals surface area contributed by atoms with Crippen LogP contribution in [0, 0.1) is 11.3 Å². The van der Waals surface area contributed by atoms with Crippen molar-refractivity contribution < 1.29 is 27.2 Å². The highest BCUT2D eigenvalue weighted by Crippen LogP contribution is 2.38. The molecular weight excluding hydrogens is 567 g/mol. The summed E-state index contributed by atoms with van der Waals surface area (Å²) in [4.78, 5) is 33.3. The maximum Gasteiger partial charge on any atom is 0.417 e. The summed E-state index contributed by atoms with van der Waals surface area (Å²) >= 11 is 5.58. The Morgan fingerprint density at radius 3 is 2.40 bits per heavy atom. The van der Waals surface area contributed by atoms with Crippen molar-refractivity contribution >= 4 is 34.8 Å². The Labute approximate surface area is 249 Å². The maximum absolute atomic E-state index is 13.5. The van der Waals surface area contributed by atoms with Gasteiger partial charge in [-0.3, -0.25) is 19.4 Å². The number of hydrogen-bond acceptors (Lipinski definition) is 6. The minimum atomic E-state index is -4.73. The Balaban J connectivity index is 1.27. The van der Waals surface area contributed by atoms with Gasteiger partial charge < -0.3 is 14.2 Å². The normalized spacial score (nSPS) is 21.2. The fraction of sp³-hybridized carbons (Fsp3) is 0.533. The molecule has 226 valence electrons. The summed E-state index contributed by atoms with van der Waals surface area (Å²) < 4.78 is 45.7. The Morgan fingerprint density at radius 1 is 1.10 bits per heavy atom. The second kappa shape index (κ2) is 12.4. The third kappa shape index (κ3) is 6.32. The van der Waals surface area contributed by atoms with Gasteiger partial charge in [0.15, 0.2) is 5.11 Å². The first-order valence-corrected chi connectivity index (χ1v) is 14.5. The Bertz CT molecular complexity index is 1350. The number of benzene rings is 1. The van der Waals surface area contributed by atoms with Crippen LogP contribution < -0.4 is 4.90 Å². The second-order valence-corrected chi connectivity index (χ2v) is 11.9. The fourth-order valence-corrected chi connectivity index (χ4v) is 6.23. The molecule has 2 aliphatic heterocycles. The van der Waals surface area contributed by atoms with Gasteiger partial charge in [-0.2, -0.15) is 18.4 Å². The van der Waals surface area contributed by atoms with E-state index in [1.54, 1.807) is 30.9 Å². The second-order valence-electron chi connectivity index (χ2n) is 11.5. The average Bonchev–Trinajstić information content (AvgIpc) is 3.53. The number of halogens is 3. The average molecular weight is 604 g/mol. The topological polar surface area (TPSA) is 84.0 Å². The quantitative estimate of drug-likeness (QED) is 0.270. The van der Waals surface area contributed by atoms with E-state index in [2.05, 4.69) is 18.7 Å². The molecule has 2 aromatic rings. The molecule has 0 radical (unpaired) electrons. The number of amides is 2. The number of carbonyl (C=O) groups is 2. The molecular formula is C30H36F3N5O3S. The Kier molecular flexibility index (Phi) is 9.33. The molecule has 1 aromatic carbocycles. The van der Waals surface area contributed by atoms with E-state index < -0.39 is 28.7 Å². The summed E-state index contributed by atoms with van der Waals surface area (Å²) in [6.07, 6.45) is 1.88. The Hall–Kier alpha value is -3.43. The number of piperazine rings is 1. The molecule has 0 aliphatic carbocycles. The van der Waals surface area contributed by atoms with E-state index in [1.807, 2.05) is 4.90 Å². The zero-order valence-electron chi connectivity index (χ0n) is 24.3. The van der Waals surface area contributed by atoms with Gasteiger partial charge >= 0.3 is 6.18 Å². The standard InChI is InChI=1S/C30H36F3N5O3S/c1-20-18-36(26(39)23-11-14-41-19-23)21(2)17-35(20)12-7-5-6-8-13-37-28(42)38(27(40)29(37,3)4)24-10-9-22(16-34)25(15-24)30(31,32)33/h9-11,14-15,19-21H,5-8,12-13,17-18H2,1-4H3. The number of thiocarbonyl (C=S) groups is 1. The van der Waals surface area contributed by atoms with Crippen LogP contribution in [0.25, 0.3) is 0 Å². The number of alkyl halides is 3. The van der Waals surface area contributed by atoms with E-state index in [-0.39, 0.29) is 28.8 Å². The Morgan fingerprint density at radius 2 is 1.79 bits per heavy atom. The summed E-state index contributed by atoms with van der Waals surface area (Å²) in [5.74, 6) is -0.415. The molecule has 2 aliphatic rings. The molecule has 0 N–H and O–H groups in total. The smallest absolute Gasteiger partial charge is 0.417 e. The summed E-state index contributed by atoms with van der Waals surface area (Å²) in [5, 5.41) is 9.26. The largest absolute Gasteiger partial charge is 0.472 e. The van der Waals surface area contributed by atoms with Crippen LogP contribution in [-0.2, 0) is 11.0 Å². The van der Waals surface area contributed by atoms with Gasteiger partial charge in [-0.05, 0) is 83.6 Å². The lowest BCUT2D eigenvalue weighted by molar-refractivity contribution is -0.137. The summed E-state index contributed by atoms with van der Waals surface area (Å²) in [5.41, 5.74) is -2.04. The SMILES string of the molecule is CC1CN(C(=O)c2ccoc2)C(C)CN1CCCCCCN1C(=S)N(c2ccc(C#N)c(C(F)(F)F)c2)C(=O)C1(C)C. The number of unbranched alkanes of at least 4 members (excludes halogenated alkanes) is 3. The van der Waals surface area contributed by atoms with Crippen molar-refractivity contribution in [3.8, 4) is 6.07 Å². The lowest BCUT2D eigenvalue weighted by Gasteiger charge is -2.44. The van der Waals surface area contributed by atoms with Crippen LogP contribution in [0.5, 0.6) is 0 Å². The first-order chi connectivity index (χ1) is 19.8. The van der Waals surface area contributed by atoms with Gasteiger partial charge in [0, 0.05) is 31.7 Å². The molecule has 2 saturated heterocycles. The lowest BCUT2D eigenvalue weighted by atomic mass is 10.0. The van der Waals surface area contributed by atoms with Crippen LogP contribution in [-0.4, -0.2) is 75.4 Å². The maximum atomic E-state index is 13.5. The minimum Gasteiger partial charge on any atom is -0.472 e. The molecule has 2 amide bonds. The van der Waals surface area contributed by atoms with E-state index in [0.717, 1.165) is 55.8 Å². The number of nitriles is 1. The molecule has 2 unspecified atom stereocenters. The molecule has 4 rings (SSSR count). The third-order valence-electron chi connectivity index (χ3n) is 8.23. The number of anilines is 1. The molecule has 0 saturated carbocycles. The van der Waals surface area contributed by atoms with Gasteiger partial charge in [0.25, 0.3) is 11.8 Å². The molecule has 3 heterocycles. The van der Waals surface area contributed by atoms with Crippen molar-refractivity contribution in [1.82, 2.24) is 14.7 Å². The minimum absolute atomic E-state index is 0.00168. The third-order valence-corrected chi connectivity index (χ3v) is 8.63. The van der Waals surface area contributed by atoms with Crippen molar-refractivity contribution in [1.29, 1.82) is 5.26 Å². The monoisotopic (exact) mass is 603 g/mol. The van der Waals surface area contributed by atoms with Gasteiger partial charge in [0.1, 0.15) is 11.8 Å². The summed E-state index contributed by atoms with van der Waals surface area (Å²) in [6.45, 7) is 10.5. The van der Waals surface area contributed by atoms with Crippen LogP contribution in [0.15, 0.2) is 41.2 Å². The highest BCUT2D eigenvalue weighted by molar-refractivity contribution is 7.80. The molecule has 0 bridgehead atoms. The molecule has 2 atom stereocenters. The molecule has 0 spiro atoms. The lowest BCUT2D eigenvalue weighted by Crippen LogP contribution is -2.58. The first-order valence-electron chi connectivity index (χ1n) is 14.1. The molecule has 12 heteroatoms. The van der Waals surface area contributed by atoms with Crippen LogP contribution in [0.3, 0.4) is 0 Å². The van der Waals surface area contributed by atoms with Gasteiger partial charge in [0.2, 0.25) is 0 Å². The predicted molar refractivity (Wildman–Crippen MR) is 156 cm³/mol. The van der Waals surface area contributed by atoms with Crippen molar-refractivity contribution in [3.63, 3.8) is 0 Å². The van der Waals surface area contributed by atoms with Gasteiger partial charge in [-0.1, -0.05) is 12.8 Å². The number of carbonyl (C=O) groups excluding carboxylic acids is 2. The fourth-order valence-electron chi connectivity index (χ4n) is 5.73. The van der Waals surface area contributed by atoms with E-state index in [9.17, 15) is 22.8 Å². The van der Waals surface area contributed by atoms with E-state index in [1.165, 1.54) is 18.6 Å². The van der Waals surface area contributed by atoms with Crippen LogP contribution in [0.4, 0.5) is 18.9 Å².